The zero-order valence-electron chi connectivity index (χ0n) is 14.3. The molecule has 0 spiro atoms. The first-order valence-electron chi connectivity index (χ1n) is 7.91. The van der Waals surface area contributed by atoms with Gasteiger partial charge in [0.1, 0.15) is 5.75 Å². The third-order valence-electron chi connectivity index (χ3n) is 4.31. The topological polar surface area (TPSA) is 52.6 Å². The summed E-state index contributed by atoms with van der Waals surface area (Å²) in [6, 6.07) is 11.1. The largest absolute Gasteiger partial charge is 0.443 e. The van der Waals surface area contributed by atoms with Crippen LogP contribution in [-0.2, 0) is 16.0 Å². The molecule has 4 nitrogen and oxygen atoms in total. The lowest BCUT2D eigenvalue weighted by atomic mass is 9.90. The van der Waals surface area contributed by atoms with Gasteiger partial charge in [-0.05, 0) is 50.5 Å². The minimum atomic E-state index is -1.32. The van der Waals surface area contributed by atoms with Gasteiger partial charge in [-0.2, -0.15) is 0 Å². The Morgan fingerprint density at radius 1 is 1.12 bits per heavy atom. The summed E-state index contributed by atoms with van der Waals surface area (Å²) in [5, 5.41) is 0. The molecule has 1 aliphatic heterocycles. The van der Waals surface area contributed by atoms with Gasteiger partial charge >= 0.3 is 11.9 Å². The van der Waals surface area contributed by atoms with Crippen molar-refractivity contribution in [3.05, 3.63) is 64.2 Å². The van der Waals surface area contributed by atoms with Gasteiger partial charge in [0.15, 0.2) is 0 Å². The summed E-state index contributed by atoms with van der Waals surface area (Å²) in [7, 11) is 0. The van der Waals surface area contributed by atoms with Gasteiger partial charge in [0.2, 0.25) is 5.60 Å². The average Bonchev–Trinajstić information content (AvgIpc) is 2.50. The maximum absolute atomic E-state index is 12.7. The van der Waals surface area contributed by atoms with Crippen molar-refractivity contribution in [1.29, 1.82) is 0 Å². The van der Waals surface area contributed by atoms with Gasteiger partial charge in [-0.15, -0.1) is 0 Å². The second kappa shape index (κ2) is 5.78. The zero-order valence-corrected chi connectivity index (χ0v) is 14.3. The van der Waals surface area contributed by atoms with E-state index in [1.165, 1.54) is 0 Å². The Morgan fingerprint density at radius 3 is 2.42 bits per heavy atom. The minimum Gasteiger partial charge on any atom is -0.443 e. The molecule has 4 heteroatoms. The number of rotatable bonds is 2. The Morgan fingerprint density at radius 2 is 1.75 bits per heavy atom. The number of carbonyl (C=O) groups is 2. The van der Waals surface area contributed by atoms with Crippen molar-refractivity contribution < 1.29 is 19.1 Å². The van der Waals surface area contributed by atoms with Gasteiger partial charge in [-0.1, -0.05) is 35.9 Å². The van der Waals surface area contributed by atoms with Crippen LogP contribution in [0.2, 0.25) is 0 Å². The van der Waals surface area contributed by atoms with Gasteiger partial charge in [-0.25, -0.2) is 9.59 Å². The molecule has 2 aromatic carbocycles. The molecule has 0 saturated carbocycles. The predicted octanol–water partition coefficient (Wildman–Crippen LogP) is 3.69. The standard InChI is InChI=1S/C20H20O4/c1-12-9-13(2)17(14(3)10-12)23-19(22)20(4)11-15-7-5-6-8-16(15)18(21)24-20/h5-10H,11H2,1-4H3. The molecule has 0 aliphatic carbocycles. The first-order valence-corrected chi connectivity index (χ1v) is 7.91. The molecule has 1 atom stereocenters. The van der Waals surface area contributed by atoms with Crippen LogP contribution < -0.4 is 4.74 Å². The lowest BCUT2D eigenvalue weighted by molar-refractivity contribution is -0.155. The third kappa shape index (κ3) is 2.80. The van der Waals surface area contributed by atoms with Crippen LogP contribution in [0.15, 0.2) is 36.4 Å². The van der Waals surface area contributed by atoms with E-state index in [0.717, 1.165) is 22.3 Å². The smallest absolute Gasteiger partial charge is 0.356 e. The average molecular weight is 324 g/mol. The second-order valence-corrected chi connectivity index (χ2v) is 6.57. The molecule has 1 aliphatic rings. The molecule has 0 aromatic heterocycles. The third-order valence-corrected chi connectivity index (χ3v) is 4.31. The highest BCUT2D eigenvalue weighted by molar-refractivity contribution is 5.96. The summed E-state index contributed by atoms with van der Waals surface area (Å²) >= 11 is 0. The number of hydrogen-bond acceptors (Lipinski definition) is 4. The zero-order chi connectivity index (χ0) is 17.5. The van der Waals surface area contributed by atoms with Crippen molar-refractivity contribution >= 4 is 11.9 Å². The van der Waals surface area contributed by atoms with Crippen molar-refractivity contribution in [2.24, 2.45) is 0 Å². The lowest BCUT2D eigenvalue weighted by Crippen LogP contribution is -2.48. The van der Waals surface area contributed by atoms with Gasteiger partial charge in [0.25, 0.3) is 0 Å². The fraction of sp³-hybridized carbons (Fsp3) is 0.300. The molecule has 0 N–H and O–H groups in total. The van der Waals surface area contributed by atoms with E-state index in [0.29, 0.717) is 17.7 Å². The van der Waals surface area contributed by atoms with Crippen molar-refractivity contribution in [2.75, 3.05) is 0 Å². The van der Waals surface area contributed by atoms with Gasteiger partial charge in [-0.3, -0.25) is 0 Å². The van der Waals surface area contributed by atoms with Gasteiger partial charge in [0, 0.05) is 6.42 Å². The summed E-state index contributed by atoms with van der Waals surface area (Å²) in [5.41, 5.74) is 2.85. The SMILES string of the molecule is Cc1cc(C)c(OC(=O)C2(C)Cc3ccccc3C(=O)O2)c(C)c1. The molecule has 0 saturated heterocycles. The monoisotopic (exact) mass is 324 g/mol. The second-order valence-electron chi connectivity index (χ2n) is 6.57. The molecule has 1 heterocycles. The molecule has 2 aromatic rings. The summed E-state index contributed by atoms with van der Waals surface area (Å²) in [6.45, 7) is 7.38. The Balaban J connectivity index is 1.90. The predicted molar refractivity (Wildman–Crippen MR) is 90.3 cm³/mol. The number of aryl methyl sites for hydroxylation is 3. The molecule has 3 rings (SSSR count). The summed E-state index contributed by atoms with van der Waals surface area (Å²) < 4.78 is 11.0. The summed E-state index contributed by atoms with van der Waals surface area (Å²) in [6.07, 6.45) is 0.303. The lowest BCUT2D eigenvalue weighted by Gasteiger charge is -2.32. The van der Waals surface area contributed by atoms with E-state index >= 15 is 0 Å². The van der Waals surface area contributed by atoms with Gasteiger partial charge < -0.3 is 9.47 Å². The summed E-state index contributed by atoms with van der Waals surface area (Å²) in [4.78, 5) is 24.9. The highest BCUT2D eigenvalue weighted by Crippen LogP contribution is 2.31. The van der Waals surface area contributed by atoms with Crippen LogP contribution >= 0.6 is 0 Å². The Bertz CT molecular complexity index is 814. The maximum atomic E-state index is 12.7. The van der Waals surface area contributed by atoms with E-state index < -0.39 is 17.5 Å². The van der Waals surface area contributed by atoms with Crippen LogP contribution in [0, 0.1) is 20.8 Å². The van der Waals surface area contributed by atoms with Crippen LogP contribution in [0.3, 0.4) is 0 Å². The molecule has 24 heavy (non-hydrogen) atoms. The van der Waals surface area contributed by atoms with E-state index in [2.05, 4.69) is 0 Å². The molecule has 1 unspecified atom stereocenters. The quantitative estimate of drug-likeness (QED) is 0.624. The number of hydrogen-bond donors (Lipinski definition) is 0. The summed E-state index contributed by atoms with van der Waals surface area (Å²) in [5.74, 6) is -0.518. The van der Waals surface area contributed by atoms with E-state index in [-0.39, 0.29) is 0 Å². The number of benzene rings is 2. The van der Waals surface area contributed by atoms with Crippen LogP contribution in [0.25, 0.3) is 0 Å². The fourth-order valence-electron chi connectivity index (χ4n) is 3.17. The first-order chi connectivity index (χ1) is 11.3. The Kier molecular flexibility index (Phi) is 3.91. The molecule has 0 amide bonds. The van der Waals surface area contributed by atoms with E-state index in [4.69, 9.17) is 9.47 Å². The molecule has 0 radical (unpaired) electrons. The molecule has 0 bridgehead atoms. The van der Waals surface area contributed by atoms with Crippen molar-refractivity contribution in [3.8, 4) is 5.75 Å². The molecular formula is C20H20O4. The Hall–Kier alpha value is -2.62. The van der Waals surface area contributed by atoms with E-state index in [1.54, 1.807) is 19.1 Å². The Labute approximate surface area is 141 Å². The molecule has 0 fully saturated rings. The van der Waals surface area contributed by atoms with Gasteiger partial charge in [0.05, 0.1) is 5.56 Å². The normalized spacial score (nSPS) is 19.4. The van der Waals surface area contributed by atoms with Crippen LogP contribution in [0.5, 0.6) is 5.75 Å². The number of ether oxygens (including phenoxy) is 2. The van der Waals surface area contributed by atoms with Crippen LogP contribution in [0.1, 0.15) is 39.5 Å². The highest BCUT2D eigenvalue weighted by Gasteiger charge is 2.44. The molecular weight excluding hydrogens is 304 g/mol. The van der Waals surface area contributed by atoms with E-state index in [9.17, 15) is 9.59 Å². The first kappa shape index (κ1) is 16.2. The number of cyclic esters (lactones) is 1. The van der Waals surface area contributed by atoms with E-state index in [1.807, 2.05) is 45.0 Å². The number of carbonyl (C=O) groups excluding carboxylic acids is 2. The fourth-order valence-corrected chi connectivity index (χ4v) is 3.17. The number of esters is 2. The van der Waals surface area contributed by atoms with Crippen molar-refractivity contribution in [2.45, 2.75) is 39.7 Å². The van der Waals surface area contributed by atoms with Crippen molar-refractivity contribution in [3.63, 3.8) is 0 Å². The van der Waals surface area contributed by atoms with Crippen LogP contribution in [0.4, 0.5) is 0 Å². The maximum Gasteiger partial charge on any atom is 0.356 e. The van der Waals surface area contributed by atoms with Crippen molar-refractivity contribution in [1.82, 2.24) is 0 Å². The minimum absolute atomic E-state index is 0.303. The highest BCUT2D eigenvalue weighted by atomic mass is 16.6. The number of fused-ring (bicyclic) bond motifs is 1. The molecule has 124 valence electrons. The van der Waals surface area contributed by atoms with Crippen LogP contribution in [-0.4, -0.2) is 17.5 Å².